The predicted molar refractivity (Wildman–Crippen MR) is 88.6 cm³/mol. The number of hydrogen-bond donors (Lipinski definition) is 1. The predicted octanol–water partition coefficient (Wildman–Crippen LogP) is -1.67. The van der Waals surface area contributed by atoms with E-state index in [0.29, 0.717) is 6.04 Å². The van der Waals surface area contributed by atoms with Gasteiger partial charge in [-0.1, -0.05) is 12.1 Å². The highest BCUT2D eigenvalue weighted by Crippen LogP contribution is 2.16. The van der Waals surface area contributed by atoms with Crippen molar-refractivity contribution in [2.45, 2.75) is 31.8 Å². The molecule has 0 amide bonds. The maximum atomic E-state index is 12.8. The molecule has 1 saturated heterocycles. The standard InChI is InChI=1S/C18H21N3O.ClH/c1-19-11-4-6-14(19)10-13-21-16-8-3-2-7-15(16)20-12-5-9-17(20)18(21)22;/h2-3,5,7-9,12,14H,4,6,10-11,13H2,1H3;1H. The molecule has 2 atom stereocenters. The number of aryl methyl sites for hydroxylation is 1. The molecule has 0 aliphatic carbocycles. The van der Waals surface area contributed by atoms with E-state index in [4.69, 9.17) is 0 Å². The Labute approximate surface area is 141 Å². The fourth-order valence-corrected chi connectivity index (χ4v) is 3.88. The summed E-state index contributed by atoms with van der Waals surface area (Å²) in [7, 11) is 2.27. The molecule has 122 valence electrons. The van der Waals surface area contributed by atoms with Gasteiger partial charge in [0.25, 0.3) is 5.56 Å². The van der Waals surface area contributed by atoms with Gasteiger partial charge in [0.05, 0.1) is 30.7 Å². The highest BCUT2D eigenvalue weighted by Gasteiger charge is 2.24. The summed E-state index contributed by atoms with van der Waals surface area (Å²) < 4.78 is 3.97. The van der Waals surface area contributed by atoms with Crippen LogP contribution in [0.25, 0.3) is 16.6 Å². The van der Waals surface area contributed by atoms with Gasteiger partial charge in [0.1, 0.15) is 5.52 Å². The minimum Gasteiger partial charge on any atom is -1.00 e. The molecule has 4 rings (SSSR count). The van der Waals surface area contributed by atoms with Crippen molar-refractivity contribution in [1.29, 1.82) is 0 Å². The molecule has 3 heterocycles. The first kappa shape index (κ1) is 16.1. The van der Waals surface area contributed by atoms with Crippen molar-refractivity contribution >= 4 is 16.6 Å². The highest BCUT2D eigenvalue weighted by molar-refractivity contribution is 5.78. The van der Waals surface area contributed by atoms with E-state index in [1.807, 2.05) is 39.4 Å². The summed E-state index contributed by atoms with van der Waals surface area (Å²) in [6.45, 7) is 2.07. The van der Waals surface area contributed by atoms with Gasteiger partial charge in [-0.25, -0.2) is 0 Å². The topological polar surface area (TPSA) is 30.9 Å². The van der Waals surface area contributed by atoms with Crippen molar-refractivity contribution in [2.75, 3.05) is 13.6 Å². The van der Waals surface area contributed by atoms with E-state index in [0.717, 1.165) is 29.5 Å². The van der Waals surface area contributed by atoms with E-state index >= 15 is 0 Å². The summed E-state index contributed by atoms with van der Waals surface area (Å²) in [6, 6.07) is 12.7. The second-order valence-corrected chi connectivity index (χ2v) is 6.43. The Morgan fingerprint density at radius 1 is 1.13 bits per heavy atom. The summed E-state index contributed by atoms with van der Waals surface area (Å²) in [5.41, 5.74) is 3.03. The second-order valence-electron chi connectivity index (χ2n) is 6.43. The first-order valence-electron chi connectivity index (χ1n) is 8.16. The third-order valence-corrected chi connectivity index (χ3v) is 5.17. The third-order valence-electron chi connectivity index (χ3n) is 5.17. The molecule has 0 spiro atoms. The Bertz CT molecular complexity index is 883. The number of fused-ring (bicyclic) bond motifs is 3. The number of nitrogens with one attached hydrogen (secondary N) is 1. The molecule has 3 aromatic rings. The van der Waals surface area contributed by atoms with Crippen LogP contribution < -0.4 is 22.9 Å². The molecule has 1 aliphatic rings. The van der Waals surface area contributed by atoms with Gasteiger partial charge in [-0.05, 0) is 24.3 Å². The molecule has 2 aromatic heterocycles. The van der Waals surface area contributed by atoms with Crippen LogP contribution in [-0.2, 0) is 6.54 Å². The zero-order valence-electron chi connectivity index (χ0n) is 13.3. The SMILES string of the molecule is C[NH+]1CCCC1CCn1c(=O)c2cccn2c2ccccc21.[Cl-]. The van der Waals surface area contributed by atoms with Crippen molar-refractivity contribution in [3.8, 4) is 0 Å². The van der Waals surface area contributed by atoms with E-state index in [9.17, 15) is 4.79 Å². The molecular weight excluding hydrogens is 310 g/mol. The molecule has 1 aliphatic heterocycles. The minimum atomic E-state index is 0. The first-order valence-corrected chi connectivity index (χ1v) is 8.16. The van der Waals surface area contributed by atoms with Gasteiger partial charge in [0, 0.05) is 32.0 Å². The molecule has 1 aromatic carbocycles. The number of aromatic nitrogens is 2. The number of hydrogen-bond acceptors (Lipinski definition) is 1. The van der Waals surface area contributed by atoms with Gasteiger partial charge in [0.2, 0.25) is 0 Å². The Balaban J connectivity index is 0.00000156. The summed E-state index contributed by atoms with van der Waals surface area (Å²) in [5.74, 6) is 0. The van der Waals surface area contributed by atoms with Gasteiger partial charge < -0.3 is 26.3 Å². The van der Waals surface area contributed by atoms with Crippen LogP contribution in [0.4, 0.5) is 0 Å². The fourth-order valence-electron chi connectivity index (χ4n) is 3.88. The van der Waals surface area contributed by atoms with E-state index < -0.39 is 0 Å². The monoisotopic (exact) mass is 331 g/mol. The van der Waals surface area contributed by atoms with E-state index in [2.05, 4.69) is 19.2 Å². The average Bonchev–Trinajstić information content (AvgIpc) is 3.17. The zero-order chi connectivity index (χ0) is 15.1. The van der Waals surface area contributed by atoms with Crippen LogP contribution in [0.2, 0.25) is 0 Å². The number of rotatable bonds is 3. The summed E-state index contributed by atoms with van der Waals surface area (Å²) >= 11 is 0. The van der Waals surface area contributed by atoms with Crippen LogP contribution in [0, 0.1) is 0 Å². The van der Waals surface area contributed by atoms with Crippen molar-refractivity contribution in [3.63, 3.8) is 0 Å². The molecule has 1 N–H and O–H groups in total. The lowest BCUT2D eigenvalue weighted by molar-refractivity contribution is -0.892. The number of likely N-dealkylation sites (tertiary alicyclic amines) is 1. The minimum absolute atomic E-state index is 0. The lowest BCUT2D eigenvalue weighted by Gasteiger charge is -2.18. The first-order chi connectivity index (χ1) is 10.8. The van der Waals surface area contributed by atoms with Crippen molar-refractivity contribution in [1.82, 2.24) is 8.97 Å². The van der Waals surface area contributed by atoms with Gasteiger partial charge >= 0.3 is 0 Å². The molecule has 23 heavy (non-hydrogen) atoms. The van der Waals surface area contributed by atoms with Gasteiger partial charge in [-0.3, -0.25) is 4.79 Å². The van der Waals surface area contributed by atoms with Crippen LogP contribution in [0.15, 0.2) is 47.4 Å². The second kappa shape index (κ2) is 6.38. The molecule has 0 saturated carbocycles. The van der Waals surface area contributed by atoms with E-state index in [1.54, 1.807) is 4.90 Å². The normalized spacial score (nSPS) is 20.9. The molecular formula is C18H22ClN3O. The zero-order valence-corrected chi connectivity index (χ0v) is 14.1. The summed E-state index contributed by atoms with van der Waals surface area (Å²) in [6.07, 6.45) is 5.64. The van der Waals surface area contributed by atoms with Gasteiger partial charge in [0.15, 0.2) is 0 Å². The lowest BCUT2D eigenvalue weighted by atomic mass is 10.1. The largest absolute Gasteiger partial charge is 1.00 e. The lowest BCUT2D eigenvalue weighted by Crippen LogP contribution is -3.10. The Hall–Kier alpha value is -1.78. The van der Waals surface area contributed by atoms with Crippen molar-refractivity contribution in [3.05, 3.63) is 52.9 Å². The number of para-hydroxylation sites is 2. The van der Waals surface area contributed by atoms with Crippen LogP contribution >= 0.6 is 0 Å². The molecule has 0 bridgehead atoms. The Kier molecular flexibility index (Phi) is 4.46. The highest BCUT2D eigenvalue weighted by atomic mass is 35.5. The summed E-state index contributed by atoms with van der Waals surface area (Å²) in [5, 5.41) is 0. The van der Waals surface area contributed by atoms with E-state index in [1.165, 1.54) is 19.4 Å². The third kappa shape index (κ3) is 2.66. The van der Waals surface area contributed by atoms with Crippen molar-refractivity contribution in [2.24, 2.45) is 0 Å². The molecule has 1 fully saturated rings. The maximum Gasteiger partial charge on any atom is 0.275 e. The Morgan fingerprint density at radius 2 is 1.87 bits per heavy atom. The van der Waals surface area contributed by atoms with Crippen molar-refractivity contribution < 1.29 is 17.3 Å². The van der Waals surface area contributed by atoms with Crippen LogP contribution in [0.1, 0.15) is 19.3 Å². The van der Waals surface area contributed by atoms with Crippen LogP contribution in [0.5, 0.6) is 0 Å². The number of nitrogens with zero attached hydrogens (tertiary/aromatic N) is 2. The molecule has 2 unspecified atom stereocenters. The summed E-state index contributed by atoms with van der Waals surface area (Å²) in [4.78, 5) is 14.4. The smallest absolute Gasteiger partial charge is 0.275 e. The van der Waals surface area contributed by atoms with E-state index in [-0.39, 0.29) is 18.0 Å². The van der Waals surface area contributed by atoms with Crippen LogP contribution in [-0.4, -0.2) is 28.6 Å². The average molecular weight is 332 g/mol. The van der Waals surface area contributed by atoms with Crippen LogP contribution in [0.3, 0.4) is 0 Å². The maximum absolute atomic E-state index is 12.8. The van der Waals surface area contributed by atoms with Gasteiger partial charge in [-0.2, -0.15) is 0 Å². The fraction of sp³-hybridized carbons (Fsp3) is 0.389. The molecule has 0 radical (unpaired) electrons. The molecule has 5 heteroatoms. The van der Waals surface area contributed by atoms with Gasteiger partial charge in [-0.15, -0.1) is 0 Å². The number of quaternary nitrogens is 1. The number of halogens is 1. The quantitative estimate of drug-likeness (QED) is 0.611. The number of benzene rings is 1. The Morgan fingerprint density at radius 3 is 2.61 bits per heavy atom. The molecule has 4 nitrogen and oxygen atoms in total.